The summed E-state index contributed by atoms with van der Waals surface area (Å²) in [6.07, 6.45) is 0.0557. The predicted octanol–water partition coefficient (Wildman–Crippen LogP) is 1.07. The Kier molecular flexibility index (Phi) is 3.62. The van der Waals surface area contributed by atoms with Crippen molar-refractivity contribution >= 4 is 5.78 Å². The Morgan fingerprint density at radius 2 is 2.27 bits per heavy atom. The van der Waals surface area contributed by atoms with Crippen LogP contribution in [0.2, 0.25) is 0 Å². The van der Waals surface area contributed by atoms with Crippen LogP contribution in [0.25, 0.3) is 0 Å². The van der Waals surface area contributed by atoms with Gasteiger partial charge in [-0.2, -0.15) is 0 Å². The second-order valence-corrected chi connectivity index (χ2v) is 2.97. The number of methoxy groups -OCH3 is 1. The van der Waals surface area contributed by atoms with Crippen LogP contribution in [0.4, 0.5) is 4.39 Å². The van der Waals surface area contributed by atoms with Crippen LogP contribution in [0.5, 0.6) is 11.5 Å². The third-order valence-corrected chi connectivity index (χ3v) is 1.93. The number of halogens is 1. The number of carbonyl (C=O) groups is 1. The third-order valence-electron chi connectivity index (χ3n) is 1.93. The van der Waals surface area contributed by atoms with Gasteiger partial charge in [0.25, 0.3) is 0 Å². The Morgan fingerprint density at radius 1 is 1.60 bits per heavy atom. The summed E-state index contributed by atoms with van der Waals surface area (Å²) in [5.74, 6) is -1.45. The number of benzene rings is 1. The first-order valence-corrected chi connectivity index (χ1v) is 4.40. The van der Waals surface area contributed by atoms with Gasteiger partial charge in [-0.3, -0.25) is 4.79 Å². The fourth-order valence-corrected chi connectivity index (χ4v) is 1.21. The van der Waals surface area contributed by atoms with E-state index in [1.165, 1.54) is 7.11 Å². The normalized spacial score (nSPS) is 10.1. The molecule has 0 saturated carbocycles. The number of ketones is 1. The van der Waals surface area contributed by atoms with E-state index in [0.29, 0.717) is 0 Å². The molecule has 0 spiro atoms. The van der Waals surface area contributed by atoms with Crippen LogP contribution >= 0.6 is 0 Å². The first-order chi connectivity index (χ1) is 7.10. The number of ether oxygens (including phenoxy) is 1. The number of phenols is 1. The molecular weight excluding hydrogens is 201 g/mol. The fourth-order valence-electron chi connectivity index (χ4n) is 1.21. The van der Waals surface area contributed by atoms with Crippen LogP contribution in [0.15, 0.2) is 12.1 Å². The lowest BCUT2D eigenvalue weighted by Gasteiger charge is -2.07. The average Bonchev–Trinajstić information content (AvgIpc) is 2.21. The molecule has 1 aromatic rings. The van der Waals surface area contributed by atoms with Gasteiger partial charge >= 0.3 is 0 Å². The summed E-state index contributed by atoms with van der Waals surface area (Å²) in [7, 11) is 1.28. The van der Waals surface area contributed by atoms with E-state index in [1.54, 1.807) is 0 Å². The molecule has 0 fully saturated rings. The van der Waals surface area contributed by atoms with Gasteiger partial charge in [0.05, 0.1) is 12.7 Å². The van der Waals surface area contributed by atoms with E-state index >= 15 is 0 Å². The summed E-state index contributed by atoms with van der Waals surface area (Å²) in [6, 6.07) is 1.98. The van der Waals surface area contributed by atoms with Gasteiger partial charge in [-0.1, -0.05) is 0 Å². The van der Waals surface area contributed by atoms with Crippen molar-refractivity contribution in [2.75, 3.05) is 13.7 Å². The Hall–Kier alpha value is -1.62. The van der Waals surface area contributed by atoms with E-state index in [9.17, 15) is 14.3 Å². The summed E-state index contributed by atoms with van der Waals surface area (Å²) in [6.45, 7) is 0.150. The first-order valence-electron chi connectivity index (χ1n) is 4.40. The Balaban J connectivity index is 3.17. The van der Waals surface area contributed by atoms with Crippen LogP contribution in [-0.2, 0) is 0 Å². The summed E-state index contributed by atoms with van der Waals surface area (Å²) in [4.78, 5) is 11.4. The van der Waals surface area contributed by atoms with Crippen LogP contribution in [0.1, 0.15) is 16.8 Å². The summed E-state index contributed by atoms with van der Waals surface area (Å²) in [5.41, 5.74) is 5.10. The zero-order valence-electron chi connectivity index (χ0n) is 8.29. The maximum absolute atomic E-state index is 13.0. The number of Topliss-reactive ketones (excluding diaryl/α,β-unsaturated/α-hetero) is 1. The second kappa shape index (κ2) is 4.75. The van der Waals surface area contributed by atoms with Crippen LogP contribution in [0, 0.1) is 5.82 Å². The van der Waals surface area contributed by atoms with Crippen LogP contribution in [-0.4, -0.2) is 24.5 Å². The van der Waals surface area contributed by atoms with Crippen molar-refractivity contribution in [2.45, 2.75) is 6.42 Å². The first kappa shape index (κ1) is 11.5. The second-order valence-electron chi connectivity index (χ2n) is 2.97. The maximum Gasteiger partial charge on any atom is 0.168 e. The van der Waals surface area contributed by atoms with Crippen LogP contribution in [0.3, 0.4) is 0 Å². The molecule has 0 atom stereocenters. The molecule has 0 aromatic heterocycles. The largest absolute Gasteiger partial charge is 0.504 e. The highest BCUT2D eigenvalue weighted by atomic mass is 19.1. The lowest BCUT2D eigenvalue weighted by Crippen LogP contribution is -2.09. The molecule has 0 heterocycles. The number of hydrogen-bond donors (Lipinski definition) is 2. The molecule has 0 unspecified atom stereocenters. The van der Waals surface area contributed by atoms with Gasteiger partial charge in [-0.05, 0) is 12.6 Å². The Morgan fingerprint density at radius 3 is 2.80 bits per heavy atom. The quantitative estimate of drug-likeness (QED) is 0.734. The highest BCUT2D eigenvalue weighted by Gasteiger charge is 2.16. The van der Waals surface area contributed by atoms with E-state index in [0.717, 1.165) is 12.1 Å². The van der Waals surface area contributed by atoms with Crippen molar-refractivity contribution in [3.8, 4) is 11.5 Å². The predicted molar refractivity (Wildman–Crippen MR) is 52.6 cm³/mol. The van der Waals surface area contributed by atoms with Crippen molar-refractivity contribution in [1.29, 1.82) is 0 Å². The minimum absolute atomic E-state index is 0.0557. The molecule has 0 aliphatic carbocycles. The number of nitrogens with two attached hydrogens (primary N) is 1. The van der Waals surface area contributed by atoms with Crippen molar-refractivity contribution < 1.29 is 19.0 Å². The van der Waals surface area contributed by atoms with Crippen molar-refractivity contribution in [3.63, 3.8) is 0 Å². The number of aromatic hydroxyl groups is 1. The van der Waals surface area contributed by atoms with Gasteiger partial charge in [-0.25, -0.2) is 4.39 Å². The summed E-state index contributed by atoms with van der Waals surface area (Å²) in [5, 5.41) is 9.56. The van der Waals surface area contributed by atoms with E-state index in [4.69, 9.17) is 10.5 Å². The number of phenolic OH excluding ortho intramolecular Hbond substituents is 1. The van der Waals surface area contributed by atoms with Gasteiger partial charge in [-0.15, -0.1) is 0 Å². The van der Waals surface area contributed by atoms with Crippen LogP contribution < -0.4 is 10.5 Å². The van der Waals surface area contributed by atoms with Gasteiger partial charge in [0.1, 0.15) is 5.82 Å². The molecule has 0 amide bonds. The molecule has 3 N–H and O–H groups in total. The molecule has 0 radical (unpaired) electrons. The lowest BCUT2D eigenvalue weighted by atomic mass is 10.1. The minimum atomic E-state index is -0.634. The minimum Gasteiger partial charge on any atom is -0.504 e. The Bertz CT molecular complexity index is 379. The molecule has 1 rings (SSSR count). The van der Waals surface area contributed by atoms with E-state index in [-0.39, 0.29) is 30.0 Å². The lowest BCUT2D eigenvalue weighted by molar-refractivity contribution is 0.0981. The van der Waals surface area contributed by atoms with Gasteiger partial charge in [0, 0.05) is 12.5 Å². The molecule has 0 bridgehead atoms. The van der Waals surface area contributed by atoms with E-state index < -0.39 is 11.6 Å². The number of rotatable bonds is 4. The molecule has 15 heavy (non-hydrogen) atoms. The Labute approximate surface area is 86.5 Å². The molecular formula is C10H12FNO3. The summed E-state index contributed by atoms with van der Waals surface area (Å²) < 4.78 is 17.7. The van der Waals surface area contributed by atoms with Gasteiger partial charge in [0.2, 0.25) is 0 Å². The molecule has 4 nitrogen and oxygen atoms in total. The monoisotopic (exact) mass is 213 g/mol. The smallest absolute Gasteiger partial charge is 0.168 e. The van der Waals surface area contributed by atoms with Gasteiger partial charge < -0.3 is 15.6 Å². The molecule has 1 aromatic carbocycles. The molecule has 0 aliphatic heterocycles. The molecule has 5 heteroatoms. The van der Waals surface area contributed by atoms with Crippen molar-refractivity contribution in [1.82, 2.24) is 0 Å². The maximum atomic E-state index is 13.0. The average molecular weight is 213 g/mol. The van der Waals surface area contributed by atoms with E-state index in [2.05, 4.69) is 0 Å². The molecule has 0 saturated heterocycles. The number of hydrogen-bond acceptors (Lipinski definition) is 4. The fraction of sp³-hybridized carbons (Fsp3) is 0.300. The summed E-state index contributed by atoms with van der Waals surface area (Å²) >= 11 is 0. The standard InChI is InChI=1S/C10H12FNO3/c1-15-9-5-6(11)4-7(10(9)14)8(13)2-3-12/h4-5,14H,2-3,12H2,1H3. The molecule has 0 aliphatic rings. The SMILES string of the molecule is COc1cc(F)cc(C(=O)CCN)c1O. The highest BCUT2D eigenvalue weighted by molar-refractivity contribution is 5.99. The zero-order chi connectivity index (χ0) is 11.4. The third kappa shape index (κ3) is 2.44. The topological polar surface area (TPSA) is 72.5 Å². The van der Waals surface area contributed by atoms with Gasteiger partial charge in [0.15, 0.2) is 17.3 Å². The number of carbonyl (C=O) groups excluding carboxylic acids is 1. The van der Waals surface area contributed by atoms with Crippen molar-refractivity contribution in [3.05, 3.63) is 23.5 Å². The highest BCUT2D eigenvalue weighted by Crippen LogP contribution is 2.31. The molecule has 82 valence electrons. The zero-order valence-corrected chi connectivity index (χ0v) is 8.29. The van der Waals surface area contributed by atoms with E-state index in [1.807, 2.05) is 0 Å². The van der Waals surface area contributed by atoms with Crippen molar-refractivity contribution in [2.24, 2.45) is 5.73 Å².